The van der Waals surface area contributed by atoms with Crippen molar-refractivity contribution in [2.75, 3.05) is 14.2 Å². The Hall–Kier alpha value is -2.16. The lowest BCUT2D eigenvalue weighted by atomic mass is 10.0. The molecule has 0 aliphatic heterocycles. The number of phenolic OH excluding ortho intramolecular Hbond substituents is 1. The summed E-state index contributed by atoms with van der Waals surface area (Å²) in [5, 5.41) is 10.1. The van der Waals surface area contributed by atoms with Gasteiger partial charge in [-0.05, 0) is 17.7 Å². The first-order valence-electron chi connectivity index (χ1n) is 5.27. The molecule has 0 atom stereocenters. The molecular weight excluding hydrogens is 216 g/mol. The van der Waals surface area contributed by atoms with Gasteiger partial charge >= 0.3 is 0 Å². The van der Waals surface area contributed by atoms with Crippen molar-refractivity contribution in [2.45, 2.75) is 0 Å². The van der Waals surface area contributed by atoms with Crippen LogP contribution in [0.3, 0.4) is 0 Å². The molecule has 3 nitrogen and oxygen atoms in total. The molecule has 2 aromatic carbocycles. The van der Waals surface area contributed by atoms with Crippen LogP contribution in [0, 0.1) is 0 Å². The van der Waals surface area contributed by atoms with Gasteiger partial charge in [-0.2, -0.15) is 0 Å². The summed E-state index contributed by atoms with van der Waals surface area (Å²) in [6, 6.07) is 13.2. The van der Waals surface area contributed by atoms with E-state index >= 15 is 0 Å². The topological polar surface area (TPSA) is 38.7 Å². The summed E-state index contributed by atoms with van der Waals surface area (Å²) in [4.78, 5) is 0. The van der Waals surface area contributed by atoms with Crippen LogP contribution in [-0.2, 0) is 0 Å². The van der Waals surface area contributed by atoms with Crippen molar-refractivity contribution in [1.29, 1.82) is 0 Å². The van der Waals surface area contributed by atoms with Gasteiger partial charge in [0, 0.05) is 5.56 Å². The molecule has 0 unspecified atom stereocenters. The first kappa shape index (κ1) is 11.3. The van der Waals surface area contributed by atoms with Crippen LogP contribution < -0.4 is 9.47 Å². The molecule has 1 N–H and O–H groups in total. The number of benzene rings is 2. The maximum atomic E-state index is 10.1. The highest BCUT2D eigenvalue weighted by atomic mass is 16.5. The second-order valence-corrected chi connectivity index (χ2v) is 3.56. The number of rotatable bonds is 3. The molecule has 0 saturated carbocycles. The maximum Gasteiger partial charge on any atom is 0.203 e. The van der Waals surface area contributed by atoms with Crippen molar-refractivity contribution in [3.05, 3.63) is 42.5 Å². The van der Waals surface area contributed by atoms with E-state index in [9.17, 15) is 5.11 Å². The Labute approximate surface area is 100 Å². The average molecular weight is 230 g/mol. The fraction of sp³-hybridized carbons (Fsp3) is 0.143. The minimum absolute atomic E-state index is 0.0954. The van der Waals surface area contributed by atoms with E-state index in [2.05, 4.69) is 0 Å². The van der Waals surface area contributed by atoms with Crippen molar-refractivity contribution in [3.63, 3.8) is 0 Å². The van der Waals surface area contributed by atoms with Crippen molar-refractivity contribution in [2.24, 2.45) is 0 Å². The van der Waals surface area contributed by atoms with Crippen LogP contribution in [0.4, 0.5) is 0 Å². The second-order valence-electron chi connectivity index (χ2n) is 3.56. The van der Waals surface area contributed by atoms with E-state index in [1.165, 1.54) is 7.11 Å². The monoisotopic (exact) mass is 230 g/mol. The third kappa shape index (κ3) is 2.04. The smallest absolute Gasteiger partial charge is 0.203 e. The predicted molar refractivity (Wildman–Crippen MR) is 66.6 cm³/mol. The Morgan fingerprint density at radius 1 is 0.882 bits per heavy atom. The lowest BCUT2D eigenvalue weighted by molar-refractivity contribution is 0.334. The van der Waals surface area contributed by atoms with E-state index in [1.54, 1.807) is 13.2 Å². The number of hydrogen-bond acceptors (Lipinski definition) is 3. The number of aromatic hydroxyl groups is 1. The lowest BCUT2D eigenvalue weighted by Gasteiger charge is -2.12. The SMILES string of the molecule is COc1ccc(-c2ccccc2)c(O)c1OC. The molecule has 0 aliphatic rings. The van der Waals surface area contributed by atoms with Crippen molar-refractivity contribution in [1.82, 2.24) is 0 Å². The molecule has 0 spiro atoms. The summed E-state index contributed by atoms with van der Waals surface area (Å²) in [5.41, 5.74) is 1.66. The minimum atomic E-state index is 0.0954. The summed E-state index contributed by atoms with van der Waals surface area (Å²) < 4.78 is 10.3. The van der Waals surface area contributed by atoms with E-state index in [0.717, 1.165) is 11.1 Å². The maximum absolute atomic E-state index is 10.1. The molecule has 0 aliphatic carbocycles. The quantitative estimate of drug-likeness (QED) is 0.880. The van der Waals surface area contributed by atoms with Gasteiger partial charge < -0.3 is 14.6 Å². The van der Waals surface area contributed by atoms with Crippen molar-refractivity contribution in [3.8, 4) is 28.4 Å². The van der Waals surface area contributed by atoms with E-state index in [0.29, 0.717) is 11.5 Å². The summed E-state index contributed by atoms with van der Waals surface area (Å²) in [5.74, 6) is 0.969. The van der Waals surface area contributed by atoms with Crippen LogP contribution in [0.2, 0.25) is 0 Å². The molecule has 0 aromatic heterocycles. The summed E-state index contributed by atoms with van der Waals surface area (Å²) in [6.07, 6.45) is 0. The van der Waals surface area contributed by atoms with Crippen LogP contribution in [-0.4, -0.2) is 19.3 Å². The molecule has 0 heterocycles. The van der Waals surface area contributed by atoms with Crippen molar-refractivity contribution < 1.29 is 14.6 Å². The van der Waals surface area contributed by atoms with Crippen LogP contribution in [0.15, 0.2) is 42.5 Å². The number of phenols is 1. The molecule has 0 amide bonds. The summed E-state index contributed by atoms with van der Waals surface area (Å²) >= 11 is 0. The highest BCUT2D eigenvalue weighted by Gasteiger charge is 2.14. The Morgan fingerprint density at radius 3 is 2.18 bits per heavy atom. The van der Waals surface area contributed by atoms with Gasteiger partial charge in [0.25, 0.3) is 0 Å². The molecule has 0 radical (unpaired) electrons. The van der Waals surface area contributed by atoms with E-state index in [4.69, 9.17) is 9.47 Å². The van der Waals surface area contributed by atoms with Gasteiger partial charge in [-0.1, -0.05) is 30.3 Å². The number of ether oxygens (including phenoxy) is 2. The number of methoxy groups -OCH3 is 2. The minimum Gasteiger partial charge on any atom is -0.504 e. The van der Waals surface area contributed by atoms with Gasteiger partial charge in [0.1, 0.15) is 0 Å². The van der Waals surface area contributed by atoms with Crippen LogP contribution in [0.1, 0.15) is 0 Å². The molecule has 0 bridgehead atoms. The predicted octanol–water partition coefficient (Wildman–Crippen LogP) is 3.08. The zero-order chi connectivity index (χ0) is 12.3. The van der Waals surface area contributed by atoms with E-state index in [-0.39, 0.29) is 5.75 Å². The van der Waals surface area contributed by atoms with Crippen molar-refractivity contribution >= 4 is 0 Å². The Kier molecular flexibility index (Phi) is 3.19. The first-order chi connectivity index (χ1) is 8.27. The molecular formula is C14H14O3. The molecule has 2 aromatic rings. The Bertz CT molecular complexity index is 506. The van der Waals surface area contributed by atoms with Gasteiger partial charge in [-0.25, -0.2) is 0 Å². The third-order valence-electron chi connectivity index (χ3n) is 2.60. The largest absolute Gasteiger partial charge is 0.504 e. The normalized spacial score (nSPS) is 10.0. The zero-order valence-corrected chi connectivity index (χ0v) is 9.81. The molecule has 88 valence electrons. The lowest BCUT2D eigenvalue weighted by Crippen LogP contribution is -1.92. The highest BCUT2D eigenvalue weighted by Crippen LogP contribution is 2.43. The number of hydrogen-bond donors (Lipinski definition) is 1. The third-order valence-corrected chi connectivity index (χ3v) is 2.60. The van der Waals surface area contributed by atoms with Gasteiger partial charge in [0.2, 0.25) is 5.75 Å². The van der Waals surface area contributed by atoms with Gasteiger partial charge in [0.05, 0.1) is 14.2 Å². The molecule has 2 rings (SSSR count). The second kappa shape index (κ2) is 4.78. The molecule has 0 saturated heterocycles. The Balaban J connectivity index is 2.57. The standard InChI is InChI=1S/C14H14O3/c1-16-12-9-8-11(13(15)14(12)17-2)10-6-4-3-5-7-10/h3-9,15H,1-2H3. The highest BCUT2D eigenvalue weighted by molar-refractivity contribution is 5.75. The zero-order valence-electron chi connectivity index (χ0n) is 9.81. The van der Waals surface area contributed by atoms with E-state index < -0.39 is 0 Å². The first-order valence-corrected chi connectivity index (χ1v) is 5.27. The van der Waals surface area contributed by atoms with Crippen LogP contribution in [0.25, 0.3) is 11.1 Å². The molecule has 0 fully saturated rings. The molecule has 17 heavy (non-hydrogen) atoms. The fourth-order valence-corrected chi connectivity index (χ4v) is 1.76. The molecule has 3 heteroatoms. The van der Waals surface area contributed by atoms with E-state index in [1.807, 2.05) is 36.4 Å². The summed E-state index contributed by atoms with van der Waals surface area (Å²) in [7, 11) is 3.05. The van der Waals surface area contributed by atoms with Crippen LogP contribution in [0.5, 0.6) is 17.2 Å². The summed E-state index contributed by atoms with van der Waals surface area (Å²) in [6.45, 7) is 0. The van der Waals surface area contributed by atoms with Gasteiger partial charge in [0.15, 0.2) is 11.5 Å². The van der Waals surface area contributed by atoms with Crippen LogP contribution >= 0.6 is 0 Å². The Morgan fingerprint density at radius 2 is 1.59 bits per heavy atom. The average Bonchev–Trinajstić information content (AvgIpc) is 2.39. The fourth-order valence-electron chi connectivity index (χ4n) is 1.76. The van der Waals surface area contributed by atoms with Gasteiger partial charge in [-0.3, -0.25) is 0 Å². The van der Waals surface area contributed by atoms with Gasteiger partial charge in [-0.15, -0.1) is 0 Å².